The lowest BCUT2D eigenvalue weighted by atomic mass is 10.1. The lowest BCUT2D eigenvalue weighted by Gasteiger charge is -2.12. The molecule has 0 aliphatic rings. The van der Waals surface area contributed by atoms with Crippen molar-refractivity contribution in [2.24, 2.45) is 0 Å². The number of benzene rings is 3. The predicted molar refractivity (Wildman–Crippen MR) is 125 cm³/mol. The van der Waals surface area contributed by atoms with Crippen LogP contribution in [-0.2, 0) is 11.4 Å². The van der Waals surface area contributed by atoms with Crippen LogP contribution in [0.3, 0.4) is 0 Å². The first-order valence-corrected chi connectivity index (χ1v) is 10.4. The molecule has 0 unspecified atom stereocenters. The zero-order valence-corrected chi connectivity index (χ0v) is 18.9. The number of nitrogens with one attached hydrogen (secondary N) is 1. The van der Waals surface area contributed by atoms with E-state index >= 15 is 0 Å². The number of anilines is 1. The van der Waals surface area contributed by atoms with Crippen molar-refractivity contribution in [1.82, 2.24) is 0 Å². The van der Waals surface area contributed by atoms with E-state index in [0.29, 0.717) is 34.4 Å². The van der Waals surface area contributed by atoms with Crippen LogP contribution in [0.2, 0.25) is 5.02 Å². The summed E-state index contributed by atoms with van der Waals surface area (Å²) < 4.78 is 12.1. The number of halogens is 2. The van der Waals surface area contributed by atoms with Gasteiger partial charge in [0.15, 0.2) is 11.5 Å². The van der Waals surface area contributed by atoms with Crippen molar-refractivity contribution < 1.29 is 14.3 Å². The van der Waals surface area contributed by atoms with E-state index in [2.05, 4.69) is 21.2 Å². The molecule has 7 heteroatoms. The van der Waals surface area contributed by atoms with E-state index in [1.165, 1.54) is 13.2 Å². The molecule has 3 aromatic rings. The lowest BCUT2D eigenvalue weighted by Crippen LogP contribution is -2.13. The number of methoxy groups -OCH3 is 1. The average Bonchev–Trinajstić information content (AvgIpc) is 2.78. The Bertz CT molecular complexity index is 1140. The summed E-state index contributed by atoms with van der Waals surface area (Å²) in [6, 6.07) is 21.6. The number of carbonyl (C=O) groups excluding carboxylic acids is 1. The molecule has 31 heavy (non-hydrogen) atoms. The van der Waals surface area contributed by atoms with Gasteiger partial charge in [0.25, 0.3) is 5.91 Å². The van der Waals surface area contributed by atoms with Crippen molar-refractivity contribution in [1.29, 1.82) is 5.26 Å². The summed E-state index contributed by atoms with van der Waals surface area (Å²) in [5.74, 6) is 0.549. The minimum absolute atomic E-state index is 0.0280. The first-order chi connectivity index (χ1) is 15.0. The van der Waals surface area contributed by atoms with Gasteiger partial charge in [0, 0.05) is 15.2 Å². The Morgan fingerprint density at radius 2 is 1.81 bits per heavy atom. The Balaban J connectivity index is 1.74. The summed E-state index contributed by atoms with van der Waals surface area (Å²) >= 11 is 9.24. The highest BCUT2D eigenvalue weighted by Crippen LogP contribution is 2.30. The van der Waals surface area contributed by atoms with Gasteiger partial charge in [-0.25, -0.2) is 0 Å². The van der Waals surface area contributed by atoms with Gasteiger partial charge in [-0.05, 0) is 65.7 Å². The fourth-order valence-corrected chi connectivity index (χ4v) is 3.07. The topological polar surface area (TPSA) is 71.3 Å². The van der Waals surface area contributed by atoms with E-state index in [9.17, 15) is 10.1 Å². The zero-order chi connectivity index (χ0) is 22.2. The zero-order valence-electron chi connectivity index (χ0n) is 16.6. The van der Waals surface area contributed by atoms with Gasteiger partial charge in [-0.3, -0.25) is 4.79 Å². The molecule has 0 aromatic heterocycles. The maximum Gasteiger partial charge on any atom is 0.266 e. The van der Waals surface area contributed by atoms with E-state index in [1.54, 1.807) is 54.6 Å². The smallest absolute Gasteiger partial charge is 0.266 e. The second kappa shape index (κ2) is 10.7. The molecular formula is C24H18BrClN2O3. The van der Waals surface area contributed by atoms with Gasteiger partial charge in [0.1, 0.15) is 18.2 Å². The Labute approximate surface area is 194 Å². The van der Waals surface area contributed by atoms with Crippen LogP contribution in [0.5, 0.6) is 11.5 Å². The molecule has 1 N–H and O–H groups in total. The Morgan fingerprint density at radius 1 is 1.10 bits per heavy atom. The Kier molecular flexibility index (Phi) is 7.71. The van der Waals surface area contributed by atoms with Crippen molar-refractivity contribution in [2.45, 2.75) is 6.61 Å². The molecule has 0 radical (unpaired) electrons. The second-order valence-electron chi connectivity index (χ2n) is 6.46. The molecule has 3 aromatic carbocycles. The number of nitrogens with zero attached hydrogens (tertiary/aromatic N) is 1. The maximum absolute atomic E-state index is 12.5. The summed E-state index contributed by atoms with van der Waals surface area (Å²) in [4.78, 5) is 12.5. The monoisotopic (exact) mass is 496 g/mol. The fourth-order valence-electron chi connectivity index (χ4n) is 2.68. The van der Waals surface area contributed by atoms with Crippen LogP contribution in [-0.4, -0.2) is 13.0 Å². The van der Waals surface area contributed by atoms with Crippen molar-refractivity contribution in [3.63, 3.8) is 0 Å². The number of hydrogen-bond acceptors (Lipinski definition) is 4. The molecule has 0 aliphatic heterocycles. The molecule has 156 valence electrons. The molecule has 0 spiro atoms. The summed E-state index contributed by atoms with van der Waals surface area (Å²) in [5, 5.41) is 12.8. The minimum Gasteiger partial charge on any atom is -0.493 e. The third-order valence-electron chi connectivity index (χ3n) is 4.27. The maximum atomic E-state index is 12.5. The highest BCUT2D eigenvalue weighted by Gasteiger charge is 2.11. The van der Waals surface area contributed by atoms with E-state index in [1.807, 2.05) is 18.2 Å². The number of ether oxygens (including phenoxy) is 2. The number of rotatable bonds is 7. The largest absolute Gasteiger partial charge is 0.493 e. The van der Waals surface area contributed by atoms with E-state index in [-0.39, 0.29) is 5.57 Å². The van der Waals surface area contributed by atoms with Crippen molar-refractivity contribution in [3.05, 3.63) is 92.9 Å². The third-order valence-corrected chi connectivity index (χ3v) is 5.05. The molecule has 0 heterocycles. The number of hydrogen-bond donors (Lipinski definition) is 1. The van der Waals surface area contributed by atoms with E-state index < -0.39 is 5.91 Å². The van der Waals surface area contributed by atoms with Crippen LogP contribution in [0.1, 0.15) is 11.1 Å². The molecule has 3 rings (SSSR count). The van der Waals surface area contributed by atoms with Gasteiger partial charge in [0.05, 0.1) is 7.11 Å². The van der Waals surface area contributed by atoms with Crippen molar-refractivity contribution in [2.75, 3.05) is 12.4 Å². The fraction of sp³-hybridized carbons (Fsp3) is 0.0833. The number of amides is 1. The summed E-state index contributed by atoms with van der Waals surface area (Å²) in [5.41, 5.74) is 2.17. The summed E-state index contributed by atoms with van der Waals surface area (Å²) in [6.07, 6.45) is 1.50. The lowest BCUT2D eigenvalue weighted by molar-refractivity contribution is -0.112. The van der Waals surface area contributed by atoms with Crippen LogP contribution in [0.25, 0.3) is 6.08 Å². The highest BCUT2D eigenvalue weighted by molar-refractivity contribution is 9.10. The molecule has 5 nitrogen and oxygen atoms in total. The van der Waals surface area contributed by atoms with Gasteiger partial charge < -0.3 is 14.8 Å². The van der Waals surface area contributed by atoms with Gasteiger partial charge in [-0.15, -0.1) is 0 Å². The highest BCUT2D eigenvalue weighted by atomic mass is 79.9. The number of carbonyl (C=O) groups is 1. The van der Waals surface area contributed by atoms with E-state index in [0.717, 1.165) is 10.0 Å². The summed E-state index contributed by atoms with van der Waals surface area (Å²) in [7, 11) is 1.53. The molecule has 0 saturated heterocycles. The minimum atomic E-state index is -0.494. The number of nitriles is 1. The van der Waals surface area contributed by atoms with Gasteiger partial charge >= 0.3 is 0 Å². The van der Waals surface area contributed by atoms with Crippen molar-refractivity contribution in [3.8, 4) is 17.6 Å². The normalized spacial score (nSPS) is 10.8. The van der Waals surface area contributed by atoms with Crippen LogP contribution < -0.4 is 14.8 Å². The molecule has 0 atom stereocenters. The molecule has 0 saturated carbocycles. The van der Waals surface area contributed by atoms with Crippen molar-refractivity contribution >= 4 is 45.2 Å². The first kappa shape index (κ1) is 22.4. The average molecular weight is 498 g/mol. The molecule has 0 fully saturated rings. The van der Waals surface area contributed by atoms with Crippen LogP contribution in [0.4, 0.5) is 5.69 Å². The second-order valence-corrected chi connectivity index (χ2v) is 7.81. The molecule has 0 aliphatic carbocycles. The third kappa shape index (κ3) is 6.35. The van der Waals surface area contributed by atoms with Gasteiger partial charge in [-0.1, -0.05) is 45.7 Å². The quantitative estimate of drug-likeness (QED) is 0.310. The molecular weight excluding hydrogens is 480 g/mol. The Morgan fingerprint density at radius 3 is 2.45 bits per heavy atom. The first-order valence-electron chi connectivity index (χ1n) is 9.22. The molecule has 1 amide bonds. The van der Waals surface area contributed by atoms with Crippen LogP contribution >= 0.6 is 27.5 Å². The van der Waals surface area contributed by atoms with E-state index in [4.69, 9.17) is 21.1 Å². The van der Waals surface area contributed by atoms with Crippen LogP contribution in [0, 0.1) is 11.3 Å². The van der Waals surface area contributed by atoms with Crippen LogP contribution in [0.15, 0.2) is 76.8 Å². The van der Waals surface area contributed by atoms with Gasteiger partial charge in [-0.2, -0.15) is 5.26 Å². The Hall–Kier alpha value is -3.27. The predicted octanol–water partition coefficient (Wildman–Crippen LogP) is 6.24. The molecule has 0 bridgehead atoms. The summed E-state index contributed by atoms with van der Waals surface area (Å²) in [6.45, 7) is 0.349. The van der Waals surface area contributed by atoms with Gasteiger partial charge in [0.2, 0.25) is 0 Å². The standard InChI is InChI=1S/C24H18BrClN2O3/c1-30-23-13-17(4-11-22(23)31-15-16-2-7-20(26)8-3-16)12-18(14-27)24(29)28-21-9-5-19(25)6-10-21/h2-13H,15H2,1H3,(H,28,29)/b18-12-. The SMILES string of the molecule is COc1cc(/C=C(/C#N)C(=O)Nc2ccc(Br)cc2)ccc1OCc1ccc(Cl)cc1.